The SMILES string of the molecule is c1ccc(-n2c3ccccc3c3ccc(-c4cccc(-n5c6ccccc6c6cc7c8ccc9ccccc9c8n(-c8ccccc8)c7cc65)c4)cc32)cc1. The fourth-order valence-corrected chi connectivity index (χ4v) is 9.19. The zero-order chi connectivity index (χ0) is 36.0. The second-order valence-corrected chi connectivity index (χ2v) is 14.6. The summed E-state index contributed by atoms with van der Waals surface area (Å²) in [6, 6.07) is 73.2. The Bertz CT molecular complexity index is 3470. The molecular formula is C52H33N3. The highest BCUT2D eigenvalue weighted by atomic mass is 15.0. The van der Waals surface area contributed by atoms with Crippen LogP contribution in [0.4, 0.5) is 0 Å². The van der Waals surface area contributed by atoms with Gasteiger partial charge >= 0.3 is 0 Å². The highest BCUT2D eigenvalue weighted by Gasteiger charge is 2.20. The molecule has 0 aliphatic carbocycles. The Morgan fingerprint density at radius 1 is 0.236 bits per heavy atom. The number of para-hydroxylation sites is 4. The van der Waals surface area contributed by atoms with Crippen LogP contribution in [0.5, 0.6) is 0 Å². The summed E-state index contributed by atoms with van der Waals surface area (Å²) < 4.78 is 7.31. The van der Waals surface area contributed by atoms with Crippen molar-refractivity contribution < 1.29 is 0 Å². The van der Waals surface area contributed by atoms with Gasteiger partial charge in [-0.3, -0.25) is 0 Å². The number of hydrogen-bond acceptors (Lipinski definition) is 0. The van der Waals surface area contributed by atoms with Crippen LogP contribution in [0.25, 0.3) is 104 Å². The summed E-state index contributed by atoms with van der Waals surface area (Å²) in [6.45, 7) is 0. The van der Waals surface area contributed by atoms with Gasteiger partial charge in [0.15, 0.2) is 0 Å². The fraction of sp³-hybridized carbons (Fsp3) is 0. The summed E-state index contributed by atoms with van der Waals surface area (Å²) in [7, 11) is 0. The van der Waals surface area contributed by atoms with Gasteiger partial charge in [0, 0.05) is 54.8 Å². The molecule has 3 aromatic heterocycles. The molecule has 0 saturated heterocycles. The monoisotopic (exact) mass is 699 g/mol. The average Bonchev–Trinajstić information content (AvgIpc) is 3.88. The van der Waals surface area contributed by atoms with E-state index in [1.54, 1.807) is 0 Å². The summed E-state index contributed by atoms with van der Waals surface area (Å²) in [4.78, 5) is 0. The minimum Gasteiger partial charge on any atom is -0.309 e. The van der Waals surface area contributed by atoms with E-state index in [4.69, 9.17) is 0 Å². The first-order valence-electron chi connectivity index (χ1n) is 18.9. The van der Waals surface area contributed by atoms with Gasteiger partial charge in [0.25, 0.3) is 0 Å². The molecule has 3 heteroatoms. The van der Waals surface area contributed by atoms with Crippen LogP contribution in [0.3, 0.4) is 0 Å². The predicted octanol–water partition coefficient (Wildman–Crippen LogP) is 13.8. The van der Waals surface area contributed by atoms with Crippen molar-refractivity contribution in [3.63, 3.8) is 0 Å². The molecule has 3 heterocycles. The van der Waals surface area contributed by atoms with Crippen LogP contribution >= 0.6 is 0 Å². The van der Waals surface area contributed by atoms with E-state index >= 15 is 0 Å². The van der Waals surface area contributed by atoms with Crippen molar-refractivity contribution in [3.8, 4) is 28.2 Å². The van der Waals surface area contributed by atoms with Crippen molar-refractivity contribution in [1.29, 1.82) is 0 Å². The fourth-order valence-electron chi connectivity index (χ4n) is 9.19. The summed E-state index contributed by atoms with van der Waals surface area (Å²) in [5, 5.41) is 10.0. The molecule has 12 aromatic rings. The van der Waals surface area contributed by atoms with Crippen LogP contribution in [-0.2, 0) is 0 Å². The lowest BCUT2D eigenvalue weighted by atomic mass is 10.0. The highest BCUT2D eigenvalue weighted by Crippen LogP contribution is 2.42. The summed E-state index contributed by atoms with van der Waals surface area (Å²) in [6.07, 6.45) is 0. The topological polar surface area (TPSA) is 14.8 Å². The number of rotatable bonds is 4. The number of aromatic nitrogens is 3. The van der Waals surface area contributed by atoms with Gasteiger partial charge in [0.2, 0.25) is 0 Å². The molecule has 0 bridgehead atoms. The lowest BCUT2D eigenvalue weighted by molar-refractivity contribution is 1.17. The summed E-state index contributed by atoms with van der Waals surface area (Å²) >= 11 is 0. The van der Waals surface area contributed by atoms with Crippen molar-refractivity contribution in [3.05, 3.63) is 200 Å². The first-order valence-corrected chi connectivity index (χ1v) is 18.9. The normalized spacial score (nSPS) is 12.0. The number of hydrogen-bond donors (Lipinski definition) is 0. The first-order chi connectivity index (χ1) is 27.3. The molecule has 0 radical (unpaired) electrons. The maximum atomic E-state index is 2.46. The third-order valence-electron chi connectivity index (χ3n) is 11.6. The Kier molecular flexibility index (Phi) is 6.34. The van der Waals surface area contributed by atoms with Gasteiger partial charge in [-0.15, -0.1) is 0 Å². The van der Waals surface area contributed by atoms with Crippen LogP contribution in [0, 0.1) is 0 Å². The lowest BCUT2D eigenvalue weighted by Gasteiger charge is -2.12. The Morgan fingerprint density at radius 3 is 1.51 bits per heavy atom. The third kappa shape index (κ3) is 4.38. The van der Waals surface area contributed by atoms with Crippen LogP contribution in [0.2, 0.25) is 0 Å². The van der Waals surface area contributed by atoms with Crippen LogP contribution in [0.1, 0.15) is 0 Å². The molecule has 12 rings (SSSR count). The lowest BCUT2D eigenvalue weighted by Crippen LogP contribution is -1.96. The second kappa shape index (κ2) is 11.6. The van der Waals surface area contributed by atoms with Crippen molar-refractivity contribution >= 4 is 76.2 Å². The molecule has 0 spiro atoms. The molecule has 0 amide bonds. The molecule has 0 atom stereocenters. The quantitative estimate of drug-likeness (QED) is 0.174. The molecule has 0 aliphatic heterocycles. The van der Waals surface area contributed by atoms with E-state index in [0.717, 1.165) is 17.1 Å². The third-order valence-corrected chi connectivity index (χ3v) is 11.6. The van der Waals surface area contributed by atoms with E-state index in [1.807, 2.05) is 0 Å². The molecule has 0 saturated carbocycles. The van der Waals surface area contributed by atoms with E-state index in [1.165, 1.54) is 87.3 Å². The van der Waals surface area contributed by atoms with Crippen LogP contribution in [0.15, 0.2) is 200 Å². The molecule has 256 valence electrons. The maximum absolute atomic E-state index is 2.46. The van der Waals surface area contributed by atoms with Gasteiger partial charge in [0.1, 0.15) is 0 Å². The number of benzene rings is 9. The molecule has 0 unspecified atom stereocenters. The minimum atomic E-state index is 1.14. The molecular weight excluding hydrogens is 667 g/mol. The zero-order valence-corrected chi connectivity index (χ0v) is 29.9. The number of nitrogens with zero attached hydrogens (tertiary/aromatic N) is 3. The first kappa shape index (κ1) is 30.1. The summed E-state index contributed by atoms with van der Waals surface area (Å²) in [5.74, 6) is 0. The van der Waals surface area contributed by atoms with Gasteiger partial charge in [0.05, 0.1) is 33.1 Å². The van der Waals surface area contributed by atoms with Gasteiger partial charge in [-0.1, -0.05) is 133 Å². The van der Waals surface area contributed by atoms with Crippen LogP contribution < -0.4 is 0 Å². The predicted molar refractivity (Wildman–Crippen MR) is 232 cm³/mol. The highest BCUT2D eigenvalue weighted by molar-refractivity contribution is 6.23. The molecule has 9 aromatic carbocycles. The van der Waals surface area contributed by atoms with Gasteiger partial charge in [-0.2, -0.15) is 0 Å². The van der Waals surface area contributed by atoms with Crippen molar-refractivity contribution in [2.45, 2.75) is 0 Å². The van der Waals surface area contributed by atoms with E-state index in [2.05, 4.69) is 214 Å². The van der Waals surface area contributed by atoms with Gasteiger partial charge in [-0.25, -0.2) is 0 Å². The Balaban J connectivity index is 1.12. The van der Waals surface area contributed by atoms with E-state index in [0.29, 0.717) is 0 Å². The molecule has 3 nitrogen and oxygen atoms in total. The zero-order valence-electron chi connectivity index (χ0n) is 29.9. The van der Waals surface area contributed by atoms with Crippen LogP contribution in [-0.4, -0.2) is 13.7 Å². The average molecular weight is 700 g/mol. The molecule has 0 fully saturated rings. The van der Waals surface area contributed by atoms with Gasteiger partial charge in [-0.05, 0) is 83.2 Å². The Hall–Kier alpha value is -7.36. The van der Waals surface area contributed by atoms with E-state index < -0.39 is 0 Å². The van der Waals surface area contributed by atoms with Crippen molar-refractivity contribution in [2.75, 3.05) is 0 Å². The molecule has 55 heavy (non-hydrogen) atoms. The standard InChI is InChI=1S/C52H33N3/c1-3-16-37(17-4-1)53-47-24-11-9-22-41(47)43-28-27-36(31-49(43)53)35-15-13-20-39(30-35)54-48-25-12-10-23-42(48)45-32-46-44-29-26-34-14-7-8-21-40(34)52(44)55(51(46)33-50(45)54)38-18-5-2-6-19-38/h1-33H. The van der Waals surface area contributed by atoms with E-state index in [9.17, 15) is 0 Å². The minimum absolute atomic E-state index is 1.14. The second-order valence-electron chi connectivity index (χ2n) is 14.6. The van der Waals surface area contributed by atoms with E-state index in [-0.39, 0.29) is 0 Å². The van der Waals surface area contributed by atoms with Crippen molar-refractivity contribution in [2.24, 2.45) is 0 Å². The summed E-state index contributed by atoms with van der Waals surface area (Å²) in [5.41, 5.74) is 13.1. The smallest absolute Gasteiger partial charge is 0.0619 e. The number of fused-ring (bicyclic) bond motifs is 11. The van der Waals surface area contributed by atoms with Crippen molar-refractivity contribution in [1.82, 2.24) is 13.7 Å². The maximum Gasteiger partial charge on any atom is 0.0619 e. The largest absolute Gasteiger partial charge is 0.309 e. The molecule has 0 aliphatic rings. The Labute approximate surface area is 317 Å². The Morgan fingerprint density at radius 2 is 0.745 bits per heavy atom. The van der Waals surface area contributed by atoms with Gasteiger partial charge < -0.3 is 13.7 Å². The molecule has 0 N–H and O–H groups in total.